The van der Waals surface area contributed by atoms with E-state index in [2.05, 4.69) is 0 Å². The van der Waals surface area contributed by atoms with Crippen LogP contribution in [0.4, 0.5) is 0 Å². The SMILES string of the molecule is CC(C)=CC(=O)OCC(=O)N1CCN(S(=O)(=O)c2c(C)cc(C)cc2C)CC1. The molecule has 1 amide bonds. The quantitative estimate of drug-likeness (QED) is 0.549. The lowest BCUT2D eigenvalue weighted by atomic mass is 10.1. The van der Waals surface area contributed by atoms with E-state index < -0.39 is 16.0 Å². The summed E-state index contributed by atoms with van der Waals surface area (Å²) >= 11 is 0. The number of nitrogens with zero attached hydrogens (tertiary/aromatic N) is 2. The molecule has 154 valence electrons. The van der Waals surface area contributed by atoms with Gasteiger partial charge in [0.05, 0.1) is 4.90 Å². The molecule has 0 saturated carbocycles. The molecule has 0 bridgehead atoms. The molecule has 1 aliphatic rings. The maximum absolute atomic E-state index is 13.1. The van der Waals surface area contributed by atoms with Gasteiger partial charge >= 0.3 is 5.97 Å². The van der Waals surface area contributed by atoms with Crippen LogP contribution in [0.15, 0.2) is 28.7 Å². The smallest absolute Gasteiger partial charge is 0.331 e. The third kappa shape index (κ3) is 5.20. The number of hydrogen-bond acceptors (Lipinski definition) is 5. The standard InChI is InChI=1S/C20H28N2O5S/c1-14(2)10-19(24)27-13-18(23)21-6-8-22(9-7-21)28(25,26)20-16(4)11-15(3)12-17(20)5/h10-12H,6-9,13H2,1-5H3. The Morgan fingerprint density at radius 2 is 1.57 bits per heavy atom. The fraction of sp³-hybridized carbons (Fsp3) is 0.500. The van der Waals surface area contributed by atoms with Gasteiger partial charge in [0.1, 0.15) is 0 Å². The predicted molar refractivity (Wildman–Crippen MR) is 106 cm³/mol. The Bertz CT molecular complexity index is 870. The molecule has 1 saturated heterocycles. The van der Waals surface area contributed by atoms with Crippen LogP contribution >= 0.6 is 0 Å². The second-order valence-corrected chi connectivity index (χ2v) is 9.22. The van der Waals surface area contributed by atoms with E-state index in [9.17, 15) is 18.0 Å². The highest BCUT2D eigenvalue weighted by Crippen LogP contribution is 2.26. The van der Waals surface area contributed by atoms with Crippen LogP contribution in [0.2, 0.25) is 0 Å². The number of benzene rings is 1. The van der Waals surface area contributed by atoms with Gasteiger partial charge in [-0.05, 0) is 45.7 Å². The van der Waals surface area contributed by atoms with E-state index in [0.717, 1.165) is 22.3 Å². The van der Waals surface area contributed by atoms with Gasteiger partial charge in [0.15, 0.2) is 6.61 Å². The minimum atomic E-state index is -3.63. The van der Waals surface area contributed by atoms with Crippen molar-refractivity contribution in [2.75, 3.05) is 32.8 Å². The fourth-order valence-electron chi connectivity index (χ4n) is 3.38. The average molecular weight is 409 g/mol. The zero-order valence-electron chi connectivity index (χ0n) is 17.1. The molecule has 1 fully saturated rings. The highest BCUT2D eigenvalue weighted by atomic mass is 32.2. The van der Waals surface area contributed by atoms with Crippen LogP contribution in [0.25, 0.3) is 0 Å². The molecule has 1 heterocycles. The summed E-state index contributed by atoms with van der Waals surface area (Å²) in [5.74, 6) is -0.880. The second-order valence-electron chi connectivity index (χ2n) is 7.34. The minimum Gasteiger partial charge on any atom is -0.452 e. The lowest BCUT2D eigenvalue weighted by Crippen LogP contribution is -2.51. The van der Waals surface area contributed by atoms with Crippen molar-refractivity contribution in [3.63, 3.8) is 0 Å². The number of carbonyl (C=O) groups excluding carboxylic acids is 2. The van der Waals surface area contributed by atoms with E-state index in [1.807, 2.05) is 19.1 Å². The van der Waals surface area contributed by atoms with E-state index in [4.69, 9.17) is 4.74 Å². The van der Waals surface area contributed by atoms with Crippen LogP contribution in [0.3, 0.4) is 0 Å². The molecule has 2 rings (SSSR count). The first-order valence-corrected chi connectivity index (χ1v) is 10.6. The molecule has 8 heteroatoms. The number of piperazine rings is 1. The molecule has 0 unspecified atom stereocenters. The third-order valence-electron chi connectivity index (χ3n) is 4.54. The lowest BCUT2D eigenvalue weighted by Gasteiger charge is -2.34. The van der Waals surface area contributed by atoms with Crippen LogP contribution in [0.1, 0.15) is 30.5 Å². The van der Waals surface area contributed by atoms with Gasteiger partial charge in [-0.15, -0.1) is 0 Å². The molecule has 0 aromatic heterocycles. The van der Waals surface area contributed by atoms with E-state index in [1.54, 1.807) is 27.7 Å². The van der Waals surface area contributed by atoms with E-state index >= 15 is 0 Å². The van der Waals surface area contributed by atoms with Crippen molar-refractivity contribution in [2.45, 2.75) is 39.5 Å². The maximum Gasteiger partial charge on any atom is 0.331 e. The van der Waals surface area contributed by atoms with Gasteiger partial charge in [-0.2, -0.15) is 4.31 Å². The number of esters is 1. The summed E-state index contributed by atoms with van der Waals surface area (Å²) in [5, 5.41) is 0. The van der Waals surface area contributed by atoms with E-state index in [1.165, 1.54) is 15.3 Å². The van der Waals surface area contributed by atoms with Crippen molar-refractivity contribution in [2.24, 2.45) is 0 Å². The number of sulfonamides is 1. The third-order valence-corrected chi connectivity index (χ3v) is 6.74. The van der Waals surface area contributed by atoms with Gasteiger partial charge in [-0.1, -0.05) is 23.3 Å². The highest BCUT2D eigenvalue weighted by molar-refractivity contribution is 7.89. The Balaban J connectivity index is 2.01. The van der Waals surface area contributed by atoms with Crippen molar-refractivity contribution >= 4 is 21.9 Å². The number of rotatable bonds is 5. The molecule has 1 aromatic carbocycles. The van der Waals surface area contributed by atoms with Gasteiger partial charge in [-0.3, -0.25) is 4.79 Å². The fourth-order valence-corrected chi connectivity index (χ4v) is 5.22. The molecule has 28 heavy (non-hydrogen) atoms. The highest BCUT2D eigenvalue weighted by Gasteiger charge is 2.32. The Labute approximate surface area is 167 Å². The maximum atomic E-state index is 13.1. The number of carbonyl (C=O) groups is 2. The normalized spacial score (nSPS) is 15.2. The number of hydrogen-bond donors (Lipinski definition) is 0. The van der Waals surface area contributed by atoms with Gasteiger partial charge in [0.25, 0.3) is 5.91 Å². The van der Waals surface area contributed by atoms with Gasteiger partial charge in [-0.25, -0.2) is 13.2 Å². The molecule has 0 atom stereocenters. The van der Waals surface area contributed by atoms with Gasteiger partial charge in [0.2, 0.25) is 10.0 Å². The molecule has 1 aromatic rings. The Kier molecular flexibility index (Phi) is 7.01. The number of amides is 1. The molecule has 0 radical (unpaired) electrons. The summed E-state index contributed by atoms with van der Waals surface area (Å²) in [4.78, 5) is 25.6. The summed E-state index contributed by atoms with van der Waals surface area (Å²) in [5.41, 5.74) is 3.26. The monoisotopic (exact) mass is 408 g/mol. The first kappa shape index (κ1) is 22.1. The van der Waals surface area contributed by atoms with Crippen LogP contribution in [0, 0.1) is 20.8 Å². The van der Waals surface area contributed by atoms with E-state index in [0.29, 0.717) is 4.90 Å². The predicted octanol–water partition coefficient (Wildman–Crippen LogP) is 1.95. The Morgan fingerprint density at radius 1 is 1.04 bits per heavy atom. The molecule has 0 spiro atoms. The van der Waals surface area contributed by atoms with Crippen molar-refractivity contribution in [3.8, 4) is 0 Å². The van der Waals surface area contributed by atoms with Gasteiger partial charge in [0, 0.05) is 32.3 Å². The average Bonchev–Trinajstić information content (AvgIpc) is 2.58. The van der Waals surface area contributed by atoms with Crippen LogP contribution in [-0.2, 0) is 24.3 Å². The van der Waals surface area contributed by atoms with Crippen molar-refractivity contribution < 1.29 is 22.7 Å². The zero-order valence-corrected chi connectivity index (χ0v) is 17.9. The lowest BCUT2D eigenvalue weighted by molar-refractivity contribution is -0.148. The summed E-state index contributed by atoms with van der Waals surface area (Å²) in [7, 11) is -3.63. The topological polar surface area (TPSA) is 84.0 Å². The summed E-state index contributed by atoms with van der Waals surface area (Å²) in [6, 6.07) is 3.72. The Hall–Kier alpha value is -2.19. The number of aryl methyl sites for hydroxylation is 3. The van der Waals surface area contributed by atoms with Crippen molar-refractivity contribution in [1.82, 2.24) is 9.21 Å². The van der Waals surface area contributed by atoms with Crippen molar-refractivity contribution in [3.05, 3.63) is 40.5 Å². The first-order chi connectivity index (χ1) is 13.0. The zero-order chi connectivity index (χ0) is 21.1. The molecular weight excluding hydrogens is 380 g/mol. The first-order valence-electron chi connectivity index (χ1n) is 9.20. The number of allylic oxidation sites excluding steroid dienone is 1. The number of ether oxygens (including phenoxy) is 1. The van der Waals surface area contributed by atoms with Gasteiger partial charge < -0.3 is 9.64 Å². The van der Waals surface area contributed by atoms with E-state index in [-0.39, 0.29) is 38.7 Å². The Morgan fingerprint density at radius 3 is 2.07 bits per heavy atom. The molecule has 0 aliphatic carbocycles. The summed E-state index contributed by atoms with van der Waals surface area (Å²) in [6.07, 6.45) is 1.32. The van der Waals surface area contributed by atoms with Crippen LogP contribution in [-0.4, -0.2) is 62.3 Å². The molecular formula is C20H28N2O5S. The molecule has 1 aliphatic heterocycles. The van der Waals surface area contributed by atoms with Crippen molar-refractivity contribution in [1.29, 1.82) is 0 Å². The minimum absolute atomic E-state index is 0.211. The second kappa shape index (κ2) is 8.87. The molecule has 7 nitrogen and oxygen atoms in total. The summed E-state index contributed by atoms with van der Waals surface area (Å²) in [6.45, 7) is 9.67. The summed E-state index contributed by atoms with van der Waals surface area (Å²) < 4.78 is 32.5. The molecule has 0 N–H and O–H groups in total. The van der Waals surface area contributed by atoms with Crippen LogP contribution < -0.4 is 0 Å². The largest absolute Gasteiger partial charge is 0.452 e. The van der Waals surface area contributed by atoms with Crippen LogP contribution in [0.5, 0.6) is 0 Å².